The Balaban J connectivity index is 2.46. The molecule has 2 aromatic rings. The number of benzene rings is 2. The van der Waals surface area contributed by atoms with Crippen LogP contribution in [0.2, 0.25) is 0 Å². The Hall–Kier alpha value is -1.55. The predicted octanol–water partition coefficient (Wildman–Crippen LogP) is 4.25. The van der Waals surface area contributed by atoms with Gasteiger partial charge < -0.3 is 10.6 Å². The minimum absolute atomic E-state index is 0.248. The number of anilines is 3. The number of hydrogen-bond donors (Lipinski definition) is 1. The van der Waals surface area contributed by atoms with E-state index < -0.39 is 0 Å². The quantitative estimate of drug-likeness (QED) is 0.841. The van der Waals surface area contributed by atoms with Crippen LogP contribution >= 0.6 is 15.9 Å². The molecular weight excluding hydrogens is 295 g/mol. The molecule has 0 atom stereocenters. The summed E-state index contributed by atoms with van der Waals surface area (Å²) >= 11 is 3.48. The Kier molecular flexibility index (Phi) is 3.57. The molecule has 0 amide bonds. The summed E-state index contributed by atoms with van der Waals surface area (Å²) in [6, 6.07) is 10.3. The van der Waals surface area contributed by atoms with Crippen molar-refractivity contribution in [1.82, 2.24) is 0 Å². The van der Waals surface area contributed by atoms with Crippen LogP contribution in [-0.2, 0) is 0 Å². The molecule has 0 unspecified atom stereocenters. The SMILES string of the molecule is Cc1cc(N(C)c2cccc(F)c2)c(Br)cc1N. The van der Waals surface area contributed by atoms with E-state index in [0.29, 0.717) is 0 Å². The molecule has 0 aliphatic heterocycles. The number of rotatable bonds is 2. The zero-order chi connectivity index (χ0) is 13.3. The first-order valence-electron chi connectivity index (χ1n) is 5.54. The standard InChI is InChI=1S/C14H14BrFN2/c1-9-6-14(12(15)8-13(9)17)18(2)11-5-3-4-10(16)7-11/h3-8H,17H2,1-2H3. The van der Waals surface area contributed by atoms with Gasteiger partial charge in [-0.2, -0.15) is 0 Å². The van der Waals surface area contributed by atoms with E-state index in [1.807, 2.05) is 37.1 Å². The van der Waals surface area contributed by atoms with Gasteiger partial charge in [-0.15, -0.1) is 0 Å². The van der Waals surface area contributed by atoms with E-state index in [2.05, 4.69) is 15.9 Å². The molecule has 0 aliphatic carbocycles. The van der Waals surface area contributed by atoms with Crippen LogP contribution in [0.3, 0.4) is 0 Å². The van der Waals surface area contributed by atoms with Gasteiger partial charge in [0.2, 0.25) is 0 Å². The smallest absolute Gasteiger partial charge is 0.125 e. The van der Waals surface area contributed by atoms with Crippen LogP contribution in [0.5, 0.6) is 0 Å². The molecule has 0 bridgehead atoms. The van der Waals surface area contributed by atoms with Crippen LogP contribution in [0, 0.1) is 12.7 Å². The van der Waals surface area contributed by atoms with E-state index in [4.69, 9.17) is 5.73 Å². The highest BCUT2D eigenvalue weighted by Gasteiger charge is 2.10. The second kappa shape index (κ2) is 4.98. The topological polar surface area (TPSA) is 29.3 Å². The molecule has 18 heavy (non-hydrogen) atoms. The van der Waals surface area contributed by atoms with Crippen LogP contribution in [0.1, 0.15) is 5.56 Å². The van der Waals surface area contributed by atoms with Crippen molar-refractivity contribution in [3.05, 3.63) is 52.3 Å². The molecule has 2 aromatic carbocycles. The molecule has 2 N–H and O–H groups in total. The van der Waals surface area contributed by atoms with Crippen molar-refractivity contribution in [1.29, 1.82) is 0 Å². The first kappa shape index (κ1) is 12.9. The number of nitrogens with zero attached hydrogens (tertiary/aromatic N) is 1. The van der Waals surface area contributed by atoms with Gasteiger partial charge in [0, 0.05) is 22.9 Å². The van der Waals surface area contributed by atoms with Crippen molar-refractivity contribution in [3.8, 4) is 0 Å². The predicted molar refractivity (Wildman–Crippen MR) is 77.8 cm³/mol. The first-order chi connectivity index (χ1) is 8.49. The number of aryl methyl sites for hydroxylation is 1. The average molecular weight is 309 g/mol. The second-order valence-electron chi connectivity index (χ2n) is 4.20. The van der Waals surface area contributed by atoms with Gasteiger partial charge in [0.15, 0.2) is 0 Å². The Bertz CT molecular complexity index is 584. The summed E-state index contributed by atoms with van der Waals surface area (Å²) in [5.74, 6) is -0.248. The van der Waals surface area contributed by atoms with Crippen molar-refractivity contribution in [2.45, 2.75) is 6.92 Å². The molecule has 0 aromatic heterocycles. The Morgan fingerprint density at radius 2 is 1.94 bits per heavy atom. The van der Waals surface area contributed by atoms with E-state index in [1.54, 1.807) is 6.07 Å². The highest BCUT2D eigenvalue weighted by molar-refractivity contribution is 9.10. The molecule has 0 radical (unpaired) electrons. The minimum atomic E-state index is -0.248. The largest absolute Gasteiger partial charge is 0.398 e. The Morgan fingerprint density at radius 1 is 1.22 bits per heavy atom. The first-order valence-corrected chi connectivity index (χ1v) is 6.33. The van der Waals surface area contributed by atoms with E-state index in [0.717, 1.165) is 27.1 Å². The summed E-state index contributed by atoms with van der Waals surface area (Å²) in [4.78, 5) is 1.92. The van der Waals surface area contributed by atoms with Crippen LogP contribution in [0.4, 0.5) is 21.5 Å². The van der Waals surface area contributed by atoms with Crippen molar-refractivity contribution in [2.75, 3.05) is 17.7 Å². The van der Waals surface area contributed by atoms with Gasteiger partial charge in [0.1, 0.15) is 5.82 Å². The minimum Gasteiger partial charge on any atom is -0.398 e. The van der Waals surface area contributed by atoms with Gasteiger partial charge in [-0.1, -0.05) is 6.07 Å². The van der Waals surface area contributed by atoms with E-state index in [9.17, 15) is 4.39 Å². The third-order valence-corrected chi connectivity index (χ3v) is 3.53. The second-order valence-corrected chi connectivity index (χ2v) is 5.05. The highest BCUT2D eigenvalue weighted by Crippen LogP contribution is 2.34. The normalized spacial score (nSPS) is 10.4. The van der Waals surface area contributed by atoms with Crippen LogP contribution in [0.25, 0.3) is 0 Å². The Labute approximate surface area is 114 Å². The van der Waals surface area contributed by atoms with Gasteiger partial charge in [-0.25, -0.2) is 4.39 Å². The lowest BCUT2D eigenvalue weighted by Crippen LogP contribution is -2.11. The fourth-order valence-electron chi connectivity index (χ4n) is 1.76. The lowest BCUT2D eigenvalue weighted by Gasteiger charge is -2.22. The zero-order valence-corrected chi connectivity index (χ0v) is 11.8. The molecule has 0 spiro atoms. The van der Waals surface area contributed by atoms with E-state index >= 15 is 0 Å². The fraction of sp³-hybridized carbons (Fsp3) is 0.143. The summed E-state index contributed by atoms with van der Waals surface area (Å²) < 4.78 is 14.1. The van der Waals surface area contributed by atoms with Crippen LogP contribution < -0.4 is 10.6 Å². The number of nitrogen functional groups attached to an aromatic ring is 1. The third kappa shape index (κ3) is 2.48. The van der Waals surface area contributed by atoms with Gasteiger partial charge in [0.05, 0.1) is 5.69 Å². The van der Waals surface area contributed by atoms with E-state index in [-0.39, 0.29) is 5.82 Å². The molecule has 0 fully saturated rings. The van der Waals surface area contributed by atoms with Crippen molar-refractivity contribution in [2.24, 2.45) is 0 Å². The highest BCUT2D eigenvalue weighted by atomic mass is 79.9. The molecule has 0 heterocycles. The molecular formula is C14H14BrFN2. The summed E-state index contributed by atoms with van der Waals surface area (Å²) in [5.41, 5.74) is 9.32. The van der Waals surface area contributed by atoms with Gasteiger partial charge in [-0.05, 0) is 58.7 Å². The maximum absolute atomic E-state index is 13.2. The molecule has 4 heteroatoms. The van der Waals surface area contributed by atoms with Crippen LogP contribution in [-0.4, -0.2) is 7.05 Å². The molecule has 0 saturated carbocycles. The Morgan fingerprint density at radius 3 is 2.61 bits per heavy atom. The maximum atomic E-state index is 13.2. The number of halogens is 2. The van der Waals surface area contributed by atoms with Crippen LogP contribution in [0.15, 0.2) is 40.9 Å². The molecule has 0 aliphatic rings. The molecule has 0 saturated heterocycles. The monoisotopic (exact) mass is 308 g/mol. The molecule has 2 nitrogen and oxygen atoms in total. The molecule has 94 valence electrons. The van der Waals surface area contributed by atoms with Gasteiger partial charge in [-0.3, -0.25) is 0 Å². The van der Waals surface area contributed by atoms with Crippen molar-refractivity contribution in [3.63, 3.8) is 0 Å². The fourth-order valence-corrected chi connectivity index (χ4v) is 2.39. The molecule has 2 rings (SSSR count). The van der Waals surface area contributed by atoms with E-state index in [1.165, 1.54) is 12.1 Å². The summed E-state index contributed by atoms with van der Waals surface area (Å²) in [6.45, 7) is 1.95. The zero-order valence-electron chi connectivity index (χ0n) is 10.2. The number of hydrogen-bond acceptors (Lipinski definition) is 2. The summed E-state index contributed by atoms with van der Waals surface area (Å²) in [5, 5.41) is 0. The number of nitrogens with two attached hydrogens (primary N) is 1. The van der Waals surface area contributed by atoms with Gasteiger partial charge >= 0.3 is 0 Å². The summed E-state index contributed by atoms with van der Waals surface area (Å²) in [7, 11) is 1.89. The average Bonchev–Trinajstić information content (AvgIpc) is 2.33. The lowest BCUT2D eigenvalue weighted by atomic mass is 10.1. The lowest BCUT2D eigenvalue weighted by molar-refractivity contribution is 0.628. The van der Waals surface area contributed by atoms with Gasteiger partial charge in [0.25, 0.3) is 0 Å². The van der Waals surface area contributed by atoms with Crippen molar-refractivity contribution >= 4 is 33.0 Å². The maximum Gasteiger partial charge on any atom is 0.125 e. The summed E-state index contributed by atoms with van der Waals surface area (Å²) in [6.07, 6.45) is 0. The van der Waals surface area contributed by atoms with Crippen molar-refractivity contribution < 1.29 is 4.39 Å². The third-order valence-electron chi connectivity index (χ3n) is 2.89.